The highest BCUT2D eigenvalue weighted by Crippen LogP contribution is 2.59. The highest BCUT2D eigenvalue weighted by atomic mass is 16.5. The Kier molecular flexibility index (Phi) is 4.40. The SMILES string of the molecule is c1ccc(C2=C(c3ccccc3)c3cccc4c3C(c3ccccc3)(O2)c2ccccc2O4)cc1. The van der Waals surface area contributed by atoms with E-state index in [1.165, 1.54) is 0 Å². The van der Waals surface area contributed by atoms with Crippen LogP contribution >= 0.6 is 0 Å². The van der Waals surface area contributed by atoms with Gasteiger partial charge < -0.3 is 9.47 Å². The van der Waals surface area contributed by atoms with Crippen LogP contribution in [0, 0.1) is 0 Å². The number of hydrogen-bond donors (Lipinski definition) is 0. The van der Waals surface area contributed by atoms with Crippen LogP contribution in [0.3, 0.4) is 0 Å². The Morgan fingerprint density at radius 2 is 1.09 bits per heavy atom. The molecule has 0 fully saturated rings. The molecule has 2 heterocycles. The van der Waals surface area contributed by atoms with Gasteiger partial charge in [-0.1, -0.05) is 121 Å². The Morgan fingerprint density at radius 1 is 0.486 bits per heavy atom. The molecule has 0 saturated carbocycles. The summed E-state index contributed by atoms with van der Waals surface area (Å²) in [6.07, 6.45) is 0. The third-order valence-electron chi connectivity index (χ3n) is 6.89. The lowest BCUT2D eigenvalue weighted by Gasteiger charge is -2.45. The van der Waals surface area contributed by atoms with E-state index in [4.69, 9.17) is 9.47 Å². The predicted octanol–water partition coefficient (Wildman–Crippen LogP) is 8.03. The van der Waals surface area contributed by atoms with Gasteiger partial charge in [0.2, 0.25) is 0 Å². The Balaban J connectivity index is 1.65. The zero-order chi connectivity index (χ0) is 23.2. The topological polar surface area (TPSA) is 18.5 Å². The second kappa shape index (κ2) is 7.75. The van der Waals surface area contributed by atoms with Crippen LogP contribution in [0.4, 0.5) is 0 Å². The maximum atomic E-state index is 7.35. The van der Waals surface area contributed by atoms with Gasteiger partial charge in [-0.15, -0.1) is 0 Å². The summed E-state index contributed by atoms with van der Waals surface area (Å²) in [4.78, 5) is 0. The van der Waals surface area contributed by atoms with E-state index in [-0.39, 0.29) is 0 Å². The Labute approximate surface area is 204 Å². The molecule has 0 saturated heterocycles. The molecule has 0 bridgehead atoms. The summed E-state index contributed by atoms with van der Waals surface area (Å²) in [5.74, 6) is 2.50. The molecule has 35 heavy (non-hydrogen) atoms. The van der Waals surface area contributed by atoms with E-state index < -0.39 is 5.60 Å². The van der Waals surface area contributed by atoms with E-state index in [0.29, 0.717) is 0 Å². The molecule has 0 radical (unpaired) electrons. The molecule has 1 unspecified atom stereocenters. The third-order valence-corrected chi connectivity index (χ3v) is 6.89. The molecule has 5 aromatic rings. The summed E-state index contributed by atoms with van der Waals surface area (Å²) in [5, 5.41) is 0. The summed E-state index contributed by atoms with van der Waals surface area (Å²) in [5.41, 5.74) is 6.63. The fraction of sp³-hybridized carbons (Fsp3) is 0.0303. The third kappa shape index (κ3) is 2.90. The lowest BCUT2D eigenvalue weighted by molar-refractivity contribution is 0.104. The van der Waals surface area contributed by atoms with Gasteiger partial charge in [0, 0.05) is 22.3 Å². The number of ether oxygens (including phenoxy) is 2. The van der Waals surface area contributed by atoms with Gasteiger partial charge in [0.25, 0.3) is 0 Å². The molecule has 2 nitrogen and oxygen atoms in total. The van der Waals surface area contributed by atoms with Crippen LogP contribution in [-0.4, -0.2) is 0 Å². The molecule has 2 aliphatic rings. The van der Waals surface area contributed by atoms with Gasteiger partial charge in [-0.2, -0.15) is 0 Å². The lowest BCUT2D eigenvalue weighted by atomic mass is 9.72. The maximum Gasteiger partial charge on any atom is 0.192 e. The zero-order valence-corrected chi connectivity index (χ0v) is 19.0. The molecular weight excluding hydrogens is 428 g/mol. The van der Waals surface area contributed by atoms with Crippen LogP contribution in [0.5, 0.6) is 11.5 Å². The van der Waals surface area contributed by atoms with Gasteiger partial charge in [0.05, 0.1) is 5.56 Å². The van der Waals surface area contributed by atoms with E-state index in [9.17, 15) is 0 Å². The molecule has 7 rings (SSSR count). The van der Waals surface area contributed by atoms with Gasteiger partial charge in [0.15, 0.2) is 5.60 Å². The van der Waals surface area contributed by atoms with E-state index in [1.54, 1.807) is 0 Å². The van der Waals surface area contributed by atoms with Crippen LogP contribution in [0.1, 0.15) is 33.4 Å². The van der Waals surface area contributed by atoms with Crippen LogP contribution in [0.2, 0.25) is 0 Å². The summed E-state index contributed by atoms with van der Waals surface area (Å²) in [6.45, 7) is 0. The number of benzene rings is 5. The lowest BCUT2D eigenvalue weighted by Crippen LogP contribution is -2.38. The van der Waals surface area contributed by atoms with Gasteiger partial charge in [-0.3, -0.25) is 0 Å². The second-order valence-electron chi connectivity index (χ2n) is 8.86. The highest BCUT2D eigenvalue weighted by molar-refractivity contribution is 6.00. The number of fused-ring (bicyclic) bond motifs is 2. The van der Waals surface area contributed by atoms with Crippen LogP contribution < -0.4 is 4.74 Å². The highest BCUT2D eigenvalue weighted by Gasteiger charge is 2.51. The Morgan fingerprint density at radius 3 is 1.83 bits per heavy atom. The van der Waals surface area contributed by atoms with Gasteiger partial charge >= 0.3 is 0 Å². The standard InChI is InChI=1S/C33H22O2/c1-4-13-23(14-5-1)30-26-19-12-22-29-31(26)33(25-17-8-3-9-18-25,27-20-10-11-21-28(27)34-29)35-32(30)24-15-6-2-7-16-24/h1-22H. The molecule has 0 aliphatic carbocycles. The van der Waals surface area contributed by atoms with Crippen molar-refractivity contribution in [2.45, 2.75) is 5.60 Å². The van der Waals surface area contributed by atoms with Crippen molar-refractivity contribution in [1.82, 2.24) is 0 Å². The van der Waals surface area contributed by atoms with Crippen molar-refractivity contribution in [3.63, 3.8) is 0 Å². The number of rotatable bonds is 3. The second-order valence-corrected chi connectivity index (χ2v) is 8.86. The van der Waals surface area contributed by atoms with Crippen molar-refractivity contribution >= 4 is 11.3 Å². The Hall–Kier alpha value is -4.56. The summed E-state index contributed by atoms with van der Waals surface area (Å²) in [6, 6.07) is 45.9. The van der Waals surface area contributed by atoms with Gasteiger partial charge in [0.1, 0.15) is 17.3 Å². The molecule has 0 N–H and O–H groups in total. The fourth-order valence-electron chi connectivity index (χ4n) is 5.44. The molecule has 2 heteroatoms. The van der Waals surface area contributed by atoms with Crippen molar-refractivity contribution in [3.05, 3.63) is 167 Å². The average Bonchev–Trinajstić information content (AvgIpc) is 2.94. The molecule has 166 valence electrons. The largest absolute Gasteiger partial charge is 0.471 e. The molecule has 0 spiro atoms. The normalized spacial score (nSPS) is 17.6. The van der Waals surface area contributed by atoms with E-state index >= 15 is 0 Å². The Bertz CT molecular complexity index is 1570. The van der Waals surface area contributed by atoms with Crippen molar-refractivity contribution in [2.24, 2.45) is 0 Å². The van der Waals surface area contributed by atoms with Crippen LogP contribution in [0.15, 0.2) is 133 Å². The molecule has 0 amide bonds. The molecule has 2 aliphatic heterocycles. The van der Waals surface area contributed by atoms with E-state index in [0.717, 1.165) is 56.2 Å². The van der Waals surface area contributed by atoms with E-state index in [2.05, 4.69) is 97.1 Å². The number of hydrogen-bond acceptors (Lipinski definition) is 2. The quantitative estimate of drug-likeness (QED) is 0.277. The van der Waals surface area contributed by atoms with Gasteiger partial charge in [-0.05, 0) is 23.3 Å². The minimum absolute atomic E-state index is 0.816. The molecule has 1 atom stereocenters. The molecular formula is C33H22O2. The van der Waals surface area contributed by atoms with Crippen molar-refractivity contribution in [2.75, 3.05) is 0 Å². The molecule has 0 aromatic heterocycles. The fourth-order valence-corrected chi connectivity index (χ4v) is 5.44. The van der Waals surface area contributed by atoms with E-state index in [1.807, 2.05) is 36.4 Å². The van der Waals surface area contributed by atoms with Crippen molar-refractivity contribution < 1.29 is 9.47 Å². The predicted molar refractivity (Wildman–Crippen MR) is 139 cm³/mol. The summed E-state index contributed by atoms with van der Waals surface area (Å²) in [7, 11) is 0. The summed E-state index contributed by atoms with van der Waals surface area (Å²) < 4.78 is 13.8. The van der Waals surface area contributed by atoms with Crippen molar-refractivity contribution in [3.8, 4) is 11.5 Å². The van der Waals surface area contributed by atoms with Gasteiger partial charge in [-0.25, -0.2) is 0 Å². The molecule has 5 aromatic carbocycles. The first kappa shape index (κ1) is 19.9. The smallest absolute Gasteiger partial charge is 0.192 e. The zero-order valence-electron chi connectivity index (χ0n) is 19.0. The van der Waals surface area contributed by atoms with Crippen LogP contribution in [0.25, 0.3) is 11.3 Å². The average molecular weight is 451 g/mol. The maximum absolute atomic E-state index is 7.35. The first-order valence-electron chi connectivity index (χ1n) is 11.9. The summed E-state index contributed by atoms with van der Waals surface area (Å²) >= 11 is 0. The van der Waals surface area contributed by atoms with Crippen molar-refractivity contribution in [1.29, 1.82) is 0 Å². The number of para-hydroxylation sites is 1. The first-order chi connectivity index (χ1) is 17.4. The minimum atomic E-state index is -0.842. The first-order valence-corrected chi connectivity index (χ1v) is 11.9. The van der Waals surface area contributed by atoms with Crippen LogP contribution in [-0.2, 0) is 10.3 Å². The monoisotopic (exact) mass is 450 g/mol. The minimum Gasteiger partial charge on any atom is -0.471 e.